The summed E-state index contributed by atoms with van der Waals surface area (Å²) in [5.74, 6) is 0. The van der Waals surface area contributed by atoms with Crippen LogP contribution in [0.3, 0.4) is 0 Å². The summed E-state index contributed by atoms with van der Waals surface area (Å²) in [7, 11) is 0. The van der Waals surface area contributed by atoms with Gasteiger partial charge in [-0.1, -0.05) is 52.3 Å². The maximum absolute atomic E-state index is 4.74. The number of nitrogens with zero attached hydrogens (tertiary/aromatic N) is 1. The minimum absolute atomic E-state index is 0.294. The highest BCUT2D eigenvalue weighted by atomic mass is 79.9. The molecule has 21 heavy (non-hydrogen) atoms. The molecular weight excluding hydrogens is 342 g/mol. The van der Waals surface area contributed by atoms with E-state index in [2.05, 4.69) is 70.7 Å². The number of benzene rings is 2. The Balaban J connectivity index is 1.79. The predicted molar refractivity (Wildman–Crippen MR) is 95.3 cm³/mol. The number of hydrogen-bond donors (Lipinski definition) is 0. The fourth-order valence-corrected chi connectivity index (χ4v) is 3.38. The van der Waals surface area contributed by atoms with Crippen molar-refractivity contribution in [2.75, 3.05) is 6.26 Å². The van der Waals surface area contributed by atoms with Crippen molar-refractivity contribution in [2.45, 2.75) is 16.1 Å². The number of halogens is 1. The minimum atomic E-state index is 0.294. The van der Waals surface area contributed by atoms with Crippen LogP contribution in [0.1, 0.15) is 16.1 Å². The second-order valence-electron chi connectivity index (χ2n) is 4.94. The number of fused-ring (bicyclic) bond motifs is 1. The first-order chi connectivity index (χ1) is 10.3. The van der Waals surface area contributed by atoms with Crippen LogP contribution in [-0.2, 0) is 6.42 Å². The van der Waals surface area contributed by atoms with Gasteiger partial charge in [0.05, 0.1) is 5.52 Å². The zero-order valence-electron chi connectivity index (χ0n) is 11.8. The van der Waals surface area contributed by atoms with E-state index in [9.17, 15) is 0 Å². The molecule has 1 nitrogen and oxygen atoms in total. The number of thioether (sulfide) groups is 1. The molecule has 0 aliphatic carbocycles. The third-order valence-corrected chi connectivity index (χ3v) is 5.12. The smallest absolute Gasteiger partial charge is 0.0705 e. The van der Waals surface area contributed by atoms with E-state index >= 15 is 0 Å². The molecule has 0 radical (unpaired) electrons. The van der Waals surface area contributed by atoms with Crippen molar-refractivity contribution < 1.29 is 0 Å². The molecule has 106 valence electrons. The van der Waals surface area contributed by atoms with Crippen molar-refractivity contribution in [2.24, 2.45) is 0 Å². The van der Waals surface area contributed by atoms with Crippen LogP contribution in [-0.4, -0.2) is 11.2 Å². The van der Waals surface area contributed by atoms with Crippen LogP contribution < -0.4 is 0 Å². The maximum Gasteiger partial charge on any atom is 0.0705 e. The molecule has 0 amide bonds. The number of para-hydroxylation sites is 1. The van der Waals surface area contributed by atoms with Gasteiger partial charge in [0.25, 0.3) is 0 Å². The van der Waals surface area contributed by atoms with Gasteiger partial charge >= 0.3 is 0 Å². The Bertz CT molecular complexity index is 740. The number of aromatic nitrogens is 1. The summed E-state index contributed by atoms with van der Waals surface area (Å²) in [6, 6.07) is 21.2. The monoisotopic (exact) mass is 357 g/mol. The molecule has 0 spiro atoms. The lowest BCUT2D eigenvalue weighted by Gasteiger charge is -2.11. The van der Waals surface area contributed by atoms with Crippen molar-refractivity contribution in [1.29, 1.82) is 0 Å². The van der Waals surface area contributed by atoms with Gasteiger partial charge in [-0.25, -0.2) is 0 Å². The molecule has 0 bridgehead atoms. The zero-order valence-corrected chi connectivity index (χ0v) is 14.2. The zero-order chi connectivity index (χ0) is 14.7. The molecule has 3 aromatic rings. The van der Waals surface area contributed by atoms with Crippen LogP contribution in [0.2, 0.25) is 0 Å². The van der Waals surface area contributed by atoms with Crippen LogP contribution in [0.15, 0.2) is 65.6 Å². The van der Waals surface area contributed by atoms with E-state index in [4.69, 9.17) is 4.98 Å². The molecule has 0 saturated carbocycles. The quantitative estimate of drug-likeness (QED) is 0.442. The highest BCUT2D eigenvalue weighted by molar-refractivity contribution is 9.09. The molecule has 1 unspecified atom stereocenters. The van der Waals surface area contributed by atoms with Gasteiger partial charge in [-0.15, -0.1) is 11.8 Å². The highest BCUT2D eigenvalue weighted by Gasteiger charge is 2.10. The molecule has 0 N–H and O–H groups in total. The average Bonchev–Trinajstić information content (AvgIpc) is 2.55. The highest BCUT2D eigenvalue weighted by Crippen LogP contribution is 2.28. The first kappa shape index (κ1) is 14.6. The maximum atomic E-state index is 4.74. The Kier molecular flexibility index (Phi) is 4.61. The minimum Gasteiger partial charge on any atom is -0.253 e. The summed E-state index contributed by atoms with van der Waals surface area (Å²) in [4.78, 5) is 6.33. The van der Waals surface area contributed by atoms with E-state index in [1.165, 1.54) is 15.8 Å². The van der Waals surface area contributed by atoms with Gasteiger partial charge in [0.1, 0.15) is 0 Å². The number of rotatable bonds is 4. The molecule has 2 aromatic carbocycles. The Morgan fingerprint density at radius 1 is 1.00 bits per heavy atom. The van der Waals surface area contributed by atoms with Gasteiger partial charge in [-0.05, 0) is 36.1 Å². The van der Waals surface area contributed by atoms with Crippen molar-refractivity contribution >= 4 is 38.6 Å². The summed E-state index contributed by atoms with van der Waals surface area (Å²) in [5.41, 5.74) is 3.47. The van der Waals surface area contributed by atoms with E-state index in [0.29, 0.717) is 4.83 Å². The van der Waals surface area contributed by atoms with E-state index in [1.54, 1.807) is 11.8 Å². The first-order valence-electron chi connectivity index (χ1n) is 6.89. The Morgan fingerprint density at radius 2 is 1.76 bits per heavy atom. The van der Waals surface area contributed by atoms with Crippen LogP contribution in [0.25, 0.3) is 10.9 Å². The molecule has 3 heteroatoms. The molecule has 0 aliphatic heterocycles. The Labute approximate surface area is 137 Å². The number of alkyl halides is 1. The van der Waals surface area contributed by atoms with Gasteiger partial charge in [0.2, 0.25) is 0 Å². The van der Waals surface area contributed by atoms with Crippen molar-refractivity contribution in [3.63, 3.8) is 0 Å². The van der Waals surface area contributed by atoms with E-state index in [0.717, 1.165) is 17.6 Å². The van der Waals surface area contributed by atoms with Crippen molar-refractivity contribution in [1.82, 2.24) is 4.98 Å². The second-order valence-corrected chi connectivity index (χ2v) is 6.93. The van der Waals surface area contributed by atoms with Crippen molar-refractivity contribution in [3.8, 4) is 0 Å². The summed E-state index contributed by atoms with van der Waals surface area (Å²) in [6.07, 6.45) is 2.99. The van der Waals surface area contributed by atoms with Gasteiger partial charge in [-0.3, -0.25) is 4.98 Å². The van der Waals surface area contributed by atoms with Crippen LogP contribution >= 0.6 is 27.7 Å². The normalized spacial score (nSPS) is 12.5. The lowest BCUT2D eigenvalue weighted by Crippen LogP contribution is -1.98. The fraction of sp³-hybridized carbons (Fsp3) is 0.167. The fourth-order valence-electron chi connectivity index (χ4n) is 2.34. The third kappa shape index (κ3) is 3.47. The van der Waals surface area contributed by atoms with Gasteiger partial charge < -0.3 is 0 Å². The predicted octanol–water partition coefficient (Wildman–Crippen LogP) is 5.64. The van der Waals surface area contributed by atoms with Crippen LogP contribution in [0.4, 0.5) is 0 Å². The molecule has 1 heterocycles. The van der Waals surface area contributed by atoms with Crippen molar-refractivity contribution in [3.05, 3.63) is 71.9 Å². The standard InChI is InChI=1S/C18H16BrNS/c1-21-16-10-7-13(8-11-16)17(19)12-15-9-6-14-4-2-3-5-18(14)20-15/h2-11,17H,12H2,1H3. The summed E-state index contributed by atoms with van der Waals surface area (Å²) >= 11 is 5.55. The number of pyridine rings is 1. The molecule has 1 atom stereocenters. The molecule has 0 aliphatic rings. The molecule has 0 saturated heterocycles. The lowest BCUT2D eigenvalue weighted by atomic mass is 10.1. The van der Waals surface area contributed by atoms with Crippen LogP contribution in [0.5, 0.6) is 0 Å². The van der Waals surface area contributed by atoms with E-state index in [1.807, 2.05) is 12.1 Å². The first-order valence-corrected chi connectivity index (χ1v) is 9.03. The van der Waals surface area contributed by atoms with Gasteiger partial charge in [-0.2, -0.15) is 0 Å². The summed E-state index contributed by atoms with van der Waals surface area (Å²) < 4.78 is 0. The third-order valence-electron chi connectivity index (χ3n) is 3.52. The molecule has 3 rings (SSSR count). The second kappa shape index (κ2) is 6.63. The summed E-state index contributed by atoms with van der Waals surface area (Å²) in [5, 5.41) is 1.19. The van der Waals surface area contributed by atoms with Gasteiger partial charge in [0, 0.05) is 27.2 Å². The van der Waals surface area contributed by atoms with Crippen LogP contribution in [0, 0.1) is 0 Å². The Hall–Kier alpha value is -1.32. The topological polar surface area (TPSA) is 12.9 Å². The number of hydrogen-bond acceptors (Lipinski definition) is 2. The summed E-state index contributed by atoms with van der Waals surface area (Å²) in [6.45, 7) is 0. The molecular formula is C18H16BrNS. The largest absolute Gasteiger partial charge is 0.253 e. The SMILES string of the molecule is CSc1ccc(C(Br)Cc2ccc3ccccc3n2)cc1. The molecule has 1 aromatic heterocycles. The van der Waals surface area contributed by atoms with Gasteiger partial charge in [0.15, 0.2) is 0 Å². The Morgan fingerprint density at radius 3 is 2.52 bits per heavy atom. The van der Waals surface area contributed by atoms with E-state index < -0.39 is 0 Å². The molecule has 0 fully saturated rings. The van der Waals surface area contributed by atoms with E-state index in [-0.39, 0.29) is 0 Å². The lowest BCUT2D eigenvalue weighted by molar-refractivity contribution is 0.911. The average molecular weight is 358 g/mol.